The quantitative estimate of drug-likeness (QED) is 0.398. The lowest BCUT2D eigenvalue weighted by molar-refractivity contribution is -0.113. The molecule has 3 heterocycles. The normalized spacial score (nSPS) is 19.3. The van der Waals surface area contributed by atoms with Gasteiger partial charge in [0.1, 0.15) is 11.4 Å². The van der Waals surface area contributed by atoms with Gasteiger partial charge in [-0.25, -0.2) is 4.68 Å². The summed E-state index contributed by atoms with van der Waals surface area (Å²) in [6, 6.07) is 18.0. The number of nitrogens with zero attached hydrogens (tertiary/aromatic N) is 4. The lowest BCUT2D eigenvalue weighted by Crippen LogP contribution is -2.37. The first-order valence-electron chi connectivity index (χ1n) is 12.3. The Hall–Kier alpha value is -3.32. The SMILES string of the molecule is CCCOc1cccc(-c2nn(-c3ccccc3)cc2C=C2SC(N3CCCC(C)C3)=NC2=O)c1. The summed E-state index contributed by atoms with van der Waals surface area (Å²) >= 11 is 1.47. The predicted molar refractivity (Wildman–Crippen MR) is 143 cm³/mol. The van der Waals surface area contributed by atoms with Crippen LogP contribution < -0.4 is 4.74 Å². The highest BCUT2D eigenvalue weighted by atomic mass is 32.2. The van der Waals surface area contributed by atoms with Gasteiger partial charge in [-0.15, -0.1) is 0 Å². The number of amidine groups is 1. The zero-order chi connectivity index (χ0) is 24.2. The van der Waals surface area contributed by atoms with Gasteiger partial charge < -0.3 is 9.64 Å². The van der Waals surface area contributed by atoms with E-state index in [2.05, 4.69) is 23.7 Å². The Morgan fingerprint density at radius 1 is 1.17 bits per heavy atom. The minimum Gasteiger partial charge on any atom is -0.494 e. The molecule has 7 heteroatoms. The average molecular weight is 487 g/mol. The first-order valence-corrected chi connectivity index (χ1v) is 13.1. The summed E-state index contributed by atoms with van der Waals surface area (Å²) in [6.45, 7) is 6.92. The Balaban J connectivity index is 1.49. The Bertz CT molecular complexity index is 1260. The molecule has 2 aromatic carbocycles. The van der Waals surface area contributed by atoms with Gasteiger partial charge in [0.25, 0.3) is 5.91 Å². The van der Waals surface area contributed by atoms with E-state index in [-0.39, 0.29) is 5.91 Å². The Labute approximate surface area is 210 Å². The largest absolute Gasteiger partial charge is 0.494 e. The summed E-state index contributed by atoms with van der Waals surface area (Å²) in [5.74, 6) is 1.25. The molecule has 1 saturated heterocycles. The van der Waals surface area contributed by atoms with E-state index >= 15 is 0 Å². The summed E-state index contributed by atoms with van der Waals surface area (Å²) in [7, 11) is 0. The number of carbonyl (C=O) groups is 1. The summed E-state index contributed by atoms with van der Waals surface area (Å²) in [6.07, 6.45) is 7.22. The molecule has 180 valence electrons. The molecule has 35 heavy (non-hydrogen) atoms. The zero-order valence-electron chi connectivity index (χ0n) is 20.2. The molecule has 0 saturated carbocycles. The fourth-order valence-corrected chi connectivity index (χ4v) is 5.36. The fraction of sp³-hybridized carbons (Fsp3) is 0.321. The van der Waals surface area contributed by atoms with E-state index in [0.29, 0.717) is 17.4 Å². The molecule has 1 amide bonds. The van der Waals surface area contributed by atoms with Crippen LogP contribution in [0.5, 0.6) is 5.75 Å². The number of aliphatic imine (C=N–C) groups is 1. The third-order valence-electron chi connectivity index (χ3n) is 6.17. The van der Waals surface area contributed by atoms with Crippen LogP contribution in [0.4, 0.5) is 0 Å². The molecule has 1 fully saturated rings. The minimum atomic E-state index is -0.179. The second kappa shape index (κ2) is 10.5. The molecule has 5 rings (SSSR count). The minimum absolute atomic E-state index is 0.179. The maximum Gasteiger partial charge on any atom is 0.286 e. The van der Waals surface area contributed by atoms with Crippen molar-refractivity contribution in [3.8, 4) is 22.7 Å². The number of ether oxygens (including phenoxy) is 1. The summed E-state index contributed by atoms with van der Waals surface area (Å²) in [4.78, 5) is 20.1. The van der Waals surface area contributed by atoms with E-state index < -0.39 is 0 Å². The molecule has 2 aliphatic heterocycles. The number of rotatable bonds is 6. The molecular weight excluding hydrogens is 456 g/mol. The topological polar surface area (TPSA) is 59.7 Å². The van der Waals surface area contributed by atoms with Crippen LogP contribution in [0.25, 0.3) is 23.0 Å². The Kier molecular flexibility index (Phi) is 7.04. The molecule has 0 bridgehead atoms. The summed E-state index contributed by atoms with van der Waals surface area (Å²) < 4.78 is 7.72. The van der Waals surface area contributed by atoms with Crippen molar-refractivity contribution in [2.45, 2.75) is 33.1 Å². The number of carbonyl (C=O) groups excluding carboxylic acids is 1. The van der Waals surface area contributed by atoms with E-state index in [1.165, 1.54) is 18.2 Å². The second-order valence-electron chi connectivity index (χ2n) is 9.09. The lowest BCUT2D eigenvalue weighted by Gasteiger charge is -2.31. The van der Waals surface area contributed by atoms with Gasteiger partial charge in [-0.1, -0.05) is 44.2 Å². The van der Waals surface area contributed by atoms with Crippen LogP contribution in [0.15, 0.2) is 70.7 Å². The maximum atomic E-state index is 12.9. The number of hydrogen-bond donors (Lipinski definition) is 0. The van der Waals surface area contributed by atoms with Crippen molar-refractivity contribution < 1.29 is 9.53 Å². The van der Waals surface area contributed by atoms with Gasteiger partial charge in [0.05, 0.1) is 17.2 Å². The van der Waals surface area contributed by atoms with Crippen LogP contribution in [0, 0.1) is 5.92 Å². The van der Waals surface area contributed by atoms with Crippen LogP contribution in [0.3, 0.4) is 0 Å². The van der Waals surface area contributed by atoms with E-state index in [1.54, 1.807) is 0 Å². The van der Waals surface area contributed by atoms with Crippen molar-refractivity contribution in [3.63, 3.8) is 0 Å². The summed E-state index contributed by atoms with van der Waals surface area (Å²) in [5.41, 5.74) is 3.58. The molecule has 0 N–H and O–H groups in total. The van der Waals surface area contributed by atoms with Crippen LogP contribution in [-0.2, 0) is 4.79 Å². The number of para-hydroxylation sites is 1. The van der Waals surface area contributed by atoms with Gasteiger partial charge in [0, 0.05) is 30.4 Å². The number of piperidine rings is 1. The Morgan fingerprint density at radius 3 is 2.83 bits per heavy atom. The number of likely N-dealkylation sites (tertiary alicyclic amines) is 1. The van der Waals surface area contributed by atoms with Crippen LogP contribution in [-0.4, -0.2) is 45.5 Å². The first kappa shape index (κ1) is 23.4. The van der Waals surface area contributed by atoms with Crippen molar-refractivity contribution >= 4 is 28.9 Å². The molecule has 0 radical (unpaired) electrons. The van der Waals surface area contributed by atoms with Gasteiger partial charge >= 0.3 is 0 Å². The van der Waals surface area contributed by atoms with E-state index in [9.17, 15) is 4.79 Å². The van der Waals surface area contributed by atoms with Gasteiger partial charge in [-0.05, 0) is 67.3 Å². The zero-order valence-corrected chi connectivity index (χ0v) is 21.0. The average Bonchev–Trinajstić information content (AvgIpc) is 3.47. The first-order chi connectivity index (χ1) is 17.1. The lowest BCUT2D eigenvalue weighted by atomic mass is 10.0. The van der Waals surface area contributed by atoms with Gasteiger partial charge in [-0.3, -0.25) is 4.79 Å². The third-order valence-corrected chi connectivity index (χ3v) is 7.21. The molecule has 6 nitrogen and oxygen atoms in total. The highest BCUT2D eigenvalue weighted by Crippen LogP contribution is 2.35. The van der Waals surface area contributed by atoms with E-state index in [1.807, 2.05) is 71.6 Å². The molecule has 1 unspecified atom stereocenters. The molecule has 0 aliphatic carbocycles. The molecule has 3 aromatic rings. The monoisotopic (exact) mass is 486 g/mol. The van der Waals surface area contributed by atoms with Gasteiger partial charge in [0.15, 0.2) is 5.17 Å². The highest BCUT2D eigenvalue weighted by Gasteiger charge is 2.29. The standard InChI is InChI=1S/C28H30N4O2S/c1-3-15-34-24-13-7-10-21(16-24)26-22(19-32(30-26)23-11-5-4-6-12-23)17-25-27(33)29-28(35-25)31-14-8-9-20(2)18-31/h4-7,10-13,16-17,19-20H,3,8-9,14-15,18H2,1-2H3. The smallest absolute Gasteiger partial charge is 0.286 e. The summed E-state index contributed by atoms with van der Waals surface area (Å²) in [5, 5.41) is 5.73. The predicted octanol–water partition coefficient (Wildman–Crippen LogP) is 6.03. The van der Waals surface area contributed by atoms with Crippen molar-refractivity contribution in [3.05, 3.63) is 71.3 Å². The van der Waals surface area contributed by atoms with E-state index in [4.69, 9.17) is 9.84 Å². The van der Waals surface area contributed by atoms with Crippen LogP contribution in [0.1, 0.15) is 38.7 Å². The molecular formula is C28H30N4O2S. The molecule has 2 aliphatic rings. The van der Waals surface area contributed by atoms with Crippen molar-refractivity contribution in [2.75, 3.05) is 19.7 Å². The van der Waals surface area contributed by atoms with E-state index in [0.717, 1.165) is 59.4 Å². The molecule has 1 atom stereocenters. The number of thioether (sulfide) groups is 1. The number of aromatic nitrogens is 2. The van der Waals surface area contributed by atoms with Gasteiger partial charge in [-0.2, -0.15) is 10.1 Å². The third kappa shape index (κ3) is 5.35. The van der Waals surface area contributed by atoms with Gasteiger partial charge in [0.2, 0.25) is 0 Å². The van der Waals surface area contributed by atoms with Crippen LogP contribution in [0.2, 0.25) is 0 Å². The Morgan fingerprint density at radius 2 is 2.03 bits per heavy atom. The van der Waals surface area contributed by atoms with Crippen molar-refractivity contribution in [2.24, 2.45) is 10.9 Å². The van der Waals surface area contributed by atoms with Crippen LogP contribution >= 0.6 is 11.8 Å². The number of amides is 1. The maximum absolute atomic E-state index is 12.9. The second-order valence-corrected chi connectivity index (χ2v) is 10.1. The molecule has 0 spiro atoms. The molecule has 1 aromatic heterocycles. The number of hydrogen-bond acceptors (Lipinski definition) is 5. The fourth-order valence-electron chi connectivity index (χ4n) is 4.42. The highest BCUT2D eigenvalue weighted by molar-refractivity contribution is 8.18. The van der Waals surface area contributed by atoms with Crippen molar-refractivity contribution in [1.82, 2.24) is 14.7 Å². The number of benzene rings is 2. The van der Waals surface area contributed by atoms with Crippen molar-refractivity contribution in [1.29, 1.82) is 0 Å².